The van der Waals surface area contributed by atoms with Gasteiger partial charge < -0.3 is 15.4 Å². The molecule has 196 valence electrons. The molecule has 0 fully saturated rings. The molecule has 0 aromatic heterocycles. The maximum atomic E-state index is 13.4. The second kappa shape index (κ2) is 13.1. The van der Waals surface area contributed by atoms with Gasteiger partial charge in [0.1, 0.15) is 5.75 Å². The Kier molecular flexibility index (Phi) is 9.86. The molecule has 3 rings (SSSR count). The minimum Gasteiger partial charge on any atom is -0.497 e. The number of ether oxygens (including phenoxy) is 1. The molecule has 0 atom stereocenters. The molecular weight excluding hydrogens is 520 g/mol. The Morgan fingerprint density at radius 3 is 2.00 bits per heavy atom. The number of benzene rings is 3. The highest BCUT2D eigenvalue weighted by Crippen LogP contribution is 2.21. The van der Waals surface area contributed by atoms with E-state index in [1.54, 1.807) is 43.5 Å². The smallest absolute Gasteiger partial charge is 0.323 e. The van der Waals surface area contributed by atoms with Crippen LogP contribution >= 0.6 is 11.6 Å². The lowest BCUT2D eigenvalue weighted by molar-refractivity contribution is -0.129. The number of sulfonamides is 1. The van der Waals surface area contributed by atoms with Crippen LogP contribution < -0.4 is 20.9 Å². The summed E-state index contributed by atoms with van der Waals surface area (Å²) in [5.74, 6) is -0.0145. The van der Waals surface area contributed by atoms with Crippen molar-refractivity contribution in [3.8, 4) is 5.75 Å². The molecule has 12 heteroatoms. The molecule has 0 aliphatic rings. The summed E-state index contributed by atoms with van der Waals surface area (Å²) in [6.07, 6.45) is 0.178. The summed E-state index contributed by atoms with van der Waals surface area (Å²) in [6.45, 7) is -0.0226. The highest BCUT2D eigenvalue weighted by molar-refractivity contribution is 7.89. The maximum Gasteiger partial charge on any atom is 0.323 e. The predicted molar refractivity (Wildman–Crippen MR) is 141 cm³/mol. The van der Waals surface area contributed by atoms with Crippen LogP contribution in [0.4, 0.5) is 16.2 Å². The quantitative estimate of drug-likeness (QED) is 0.211. The topological polar surface area (TPSA) is 137 Å². The summed E-state index contributed by atoms with van der Waals surface area (Å²) < 4.78 is 33.0. The Bertz CT molecular complexity index is 1300. The van der Waals surface area contributed by atoms with E-state index in [1.165, 1.54) is 34.1 Å². The fourth-order valence-electron chi connectivity index (χ4n) is 3.37. The summed E-state index contributed by atoms with van der Waals surface area (Å²) in [7, 11) is -2.42. The summed E-state index contributed by atoms with van der Waals surface area (Å²) in [5.41, 5.74) is 3.33. The molecule has 37 heavy (non-hydrogen) atoms. The highest BCUT2D eigenvalue weighted by Gasteiger charge is 2.25. The van der Waals surface area contributed by atoms with Crippen molar-refractivity contribution in [1.82, 2.24) is 9.79 Å². The Morgan fingerprint density at radius 2 is 1.46 bits per heavy atom. The number of hydroxylamine groups is 1. The summed E-state index contributed by atoms with van der Waals surface area (Å²) in [5, 5.41) is 14.6. The maximum absolute atomic E-state index is 13.4. The predicted octanol–water partition coefficient (Wildman–Crippen LogP) is 4.12. The number of methoxy groups -OCH3 is 1. The van der Waals surface area contributed by atoms with E-state index in [9.17, 15) is 18.0 Å². The zero-order valence-electron chi connectivity index (χ0n) is 20.0. The van der Waals surface area contributed by atoms with Crippen molar-refractivity contribution in [2.75, 3.05) is 30.8 Å². The molecule has 4 N–H and O–H groups in total. The molecule has 0 radical (unpaired) electrons. The van der Waals surface area contributed by atoms with Gasteiger partial charge in [-0.3, -0.25) is 10.0 Å². The van der Waals surface area contributed by atoms with E-state index in [2.05, 4.69) is 10.6 Å². The first kappa shape index (κ1) is 27.9. The molecule has 0 bridgehead atoms. The van der Waals surface area contributed by atoms with Crippen LogP contribution in [0.3, 0.4) is 0 Å². The first-order valence-corrected chi connectivity index (χ1v) is 13.0. The van der Waals surface area contributed by atoms with Crippen molar-refractivity contribution in [1.29, 1.82) is 0 Å². The van der Waals surface area contributed by atoms with Gasteiger partial charge in [0.15, 0.2) is 0 Å². The van der Waals surface area contributed by atoms with Gasteiger partial charge in [0, 0.05) is 35.9 Å². The van der Waals surface area contributed by atoms with E-state index in [0.717, 1.165) is 5.56 Å². The van der Waals surface area contributed by atoms with Gasteiger partial charge in [0.05, 0.1) is 12.0 Å². The molecule has 0 heterocycles. The van der Waals surface area contributed by atoms with Crippen molar-refractivity contribution in [2.24, 2.45) is 0 Å². The number of urea groups is 1. The number of nitrogens with one attached hydrogen (secondary N) is 3. The molecule has 0 aliphatic heterocycles. The van der Waals surface area contributed by atoms with E-state index >= 15 is 0 Å². The molecule has 3 aromatic rings. The second-order valence-corrected chi connectivity index (χ2v) is 10.3. The lowest BCUT2D eigenvalue weighted by Crippen LogP contribution is -2.36. The first-order chi connectivity index (χ1) is 17.7. The van der Waals surface area contributed by atoms with E-state index in [4.69, 9.17) is 21.5 Å². The van der Waals surface area contributed by atoms with Crippen molar-refractivity contribution >= 4 is 44.9 Å². The van der Waals surface area contributed by atoms with E-state index in [0.29, 0.717) is 28.6 Å². The van der Waals surface area contributed by atoms with Crippen LogP contribution in [0.2, 0.25) is 5.02 Å². The SMILES string of the molecule is COc1ccc(CCN(CCC(=O)NO)S(=O)(=O)c2ccc(NC(=O)Nc3ccc(Cl)cc3)cc2)cc1. The third-order valence-electron chi connectivity index (χ3n) is 5.37. The molecule has 0 spiro atoms. The van der Waals surface area contributed by atoms with Crippen LogP contribution in [0.5, 0.6) is 5.75 Å². The fraction of sp³-hybridized carbons (Fsp3) is 0.200. The number of nitrogens with zero attached hydrogens (tertiary/aromatic N) is 1. The van der Waals surface area contributed by atoms with Gasteiger partial charge >= 0.3 is 6.03 Å². The molecule has 0 unspecified atom stereocenters. The number of halogens is 1. The minimum atomic E-state index is -3.98. The largest absolute Gasteiger partial charge is 0.497 e. The van der Waals surface area contributed by atoms with E-state index in [-0.39, 0.29) is 24.4 Å². The van der Waals surface area contributed by atoms with Gasteiger partial charge in [-0.1, -0.05) is 23.7 Å². The Labute approximate surface area is 220 Å². The Morgan fingerprint density at radius 1 is 0.892 bits per heavy atom. The average Bonchev–Trinajstić information content (AvgIpc) is 2.90. The lowest BCUT2D eigenvalue weighted by atomic mass is 10.1. The second-order valence-electron chi connectivity index (χ2n) is 7.90. The molecule has 3 aromatic carbocycles. The Balaban J connectivity index is 1.69. The number of hydrogen-bond acceptors (Lipinski definition) is 6. The third kappa shape index (κ3) is 8.19. The zero-order chi connectivity index (χ0) is 26.8. The van der Waals surface area contributed by atoms with Gasteiger partial charge in [0.2, 0.25) is 15.9 Å². The summed E-state index contributed by atoms with van der Waals surface area (Å²) in [4.78, 5) is 23.8. The molecule has 3 amide bonds. The van der Waals surface area contributed by atoms with Crippen molar-refractivity contribution in [2.45, 2.75) is 17.7 Å². The highest BCUT2D eigenvalue weighted by atomic mass is 35.5. The Hall–Kier alpha value is -3.64. The van der Waals surface area contributed by atoms with Gasteiger partial charge in [-0.15, -0.1) is 0 Å². The third-order valence-corrected chi connectivity index (χ3v) is 7.54. The van der Waals surface area contributed by atoms with Crippen molar-refractivity contribution in [3.05, 3.63) is 83.4 Å². The van der Waals surface area contributed by atoms with Crippen molar-refractivity contribution in [3.63, 3.8) is 0 Å². The van der Waals surface area contributed by atoms with Gasteiger partial charge in [-0.2, -0.15) is 4.31 Å². The normalized spacial score (nSPS) is 11.1. The number of anilines is 2. The summed E-state index contributed by atoms with van der Waals surface area (Å²) in [6, 6.07) is 19.0. The standard InChI is InChI=1S/C25H27ClN4O6S/c1-36-22-10-2-18(3-11-22)14-16-30(17-15-24(31)29-33)37(34,35)23-12-8-21(9-13-23)28-25(32)27-20-6-4-19(26)5-7-20/h2-13,33H,14-17H2,1H3,(H,29,31)(H2,27,28,32). The zero-order valence-corrected chi connectivity index (χ0v) is 21.6. The molecule has 0 saturated carbocycles. The summed E-state index contributed by atoms with van der Waals surface area (Å²) >= 11 is 5.84. The van der Waals surface area contributed by atoms with Crippen LogP contribution in [0.15, 0.2) is 77.7 Å². The van der Waals surface area contributed by atoms with Gasteiger partial charge in [0.25, 0.3) is 0 Å². The van der Waals surface area contributed by atoms with Crippen LogP contribution in [-0.2, 0) is 21.2 Å². The lowest BCUT2D eigenvalue weighted by Gasteiger charge is -2.22. The first-order valence-electron chi connectivity index (χ1n) is 11.2. The van der Waals surface area contributed by atoms with Crippen molar-refractivity contribution < 1.29 is 28.0 Å². The molecule has 10 nitrogen and oxygen atoms in total. The minimum absolute atomic E-state index is 0.00435. The van der Waals surface area contributed by atoms with Gasteiger partial charge in [-0.25, -0.2) is 18.7 Å². The number of hydrogen-bond donors (Lipinski definition) is 4. The molecule has 0 saturated heterocycles. The number of carbonyl (C=O) groups excluding carboxylic acids is 2. The van der Waals surface area contributed by atoms with E-state index in [1.807, 2.05) is 12.1 Å². The van der Waals surface area contributed by atoms with Gasteiger partial charge in [-0.05, 0) is 72.6 Å². The monoisotopic (exact) mass is 546 g/mol. The van der Waals surface area contributed by atoms with Crippen LogP contribution in [-0.4, -0.2) is 50.1 Å². The van der Waals surface area contributed by atoms with Crippen LogP contribution in [0.1, 0.15) is 12.0 Å². The number of amides is 3. The fourth-order valence-corrected chi connectivity index (χ4v) is 4.93. The van der Waals surface area contributed by atoms with E-state index < -0.39 is 22.0 Å². The van der Waals surface area contributed by atoms with Crippen LogP contribution in [0, 0.1) is 0 Å². The molecular formula is C25H27ClN4O6S. The number of rotatable bonds is 11. The molecule has 0 aliphatic carbocycles. The van der Waals surface area contributed by atoms with Crippen LogP contribution in [0.25, 0.3) is 0 Å². The number of carbonyl (C=O) groups is 2. The average molecular weight is 547 g/mol.